The molecule has 0 radical (unpaired) electrons. The minimum atomic E-state index is -3.75. The van der Waals surface area contributed by atoms with Crippen LogP contribution in [0.2, 0.25) is 0 Å². The first-order valence-electron chi connectivity index (χ1n) is 3.26. The molecule has 0 saturated heterocycles. The van der Waals surface area contributed by atoms with Crippen LogP contribution in [0, 0.1) is 0 Å². The average Bonchev–Trinajstić information content (AvgIpc) is 1.85. The maximum atomic E-state index is 10.2. The molecule has 6 heteroatoms. The number of hydrogen-bond donors (Lipinski definition) is 1. The van der Waals surface area contributed by atoms with Gasteiger partial charge in [0.1, 0.15) is 0 Å². The molecule has 0 unspecified atom stereocenters. The molecular formula is C5H12O3S3. The van der Waals surface area contributed by atoms with Crippen LogP contribution in [0.1, 0.15) is 13.3 Å². The third-order valence-electron chi connectivity index (χ3n) is 0.795. The lowest BCUT2D eigenvalue weighted by Gasteiger charge is -1.96. The highest BCUT2D eigenvalue weighted by atomic mass is 33.1. The van der Waals surface area contributed by atoms with E-state index in [1.54, 1.807) is 10.8 Å². The van der Waals surface area contributed by atoms with E-state index in [9.17, 15) is 8.42 Å². The van der Waals surface area contributed by atoms with Crippen molar-refractivity contribution in [2.24, 2.45) is 0 Å². The van der Waals surface area contributed by atoms with E-state index in [2.05, 4.69) is 6.92 Å². The molecule has 0 bridgehead atoms. The summed E-state index contributed by atoms with van der Waals surface area (Å²) >= 11 is 0. The Morgan fingerprint density at radius 3 is 2.27 bits per heavy atom. The Hall–Kier alpha value is 0.610. The quantitative estimate of drug-likeness (QED) is 0.416. The minimum absolute atomic E-state index is 0.144. The van der Waals surface area contributed by atoms with Crippen LogP contribution >= 0.6 is 21.6 Å². The molecule has 0 amide bonds. The summed E-state index contributed by atoms with van der Waals surface area (Å²) in [4.78, 5) is 0. The first-order valence-corrected chi connectivity index (χ1v) is 7.35. The highest BCUT2D eigenvalue weighted by Gasteiger charge is 2.02. The van der Waals surface area contributed by atoms with Crippen LogP contribution in [-0.4, -0.2) is 30.2 Å². The highest BCUT2D eigenvalue weighted by Crippen LogP contribution is 2.21. The van der Waals surface area contributed by atoms with Crippen LogP contribution in [0.4, 0.5) is 0 Å². The fourth-order valence-electron chi connectivity index (χ4n) is 0.341. The second kappa shape index (κ2) is 6.16. The molecule has 0 aromatic rings. The molecule has 0 aliphatic carbocycles. The predicted octanol–water partition coefficient (Wildman–Crippen LogP) is 1.67. The van der Waals surface area contributed by atoms with Gasteiger partial charge in [0.2, 0.25) is 0 Å². The molecule has 0 fully saturated rings. The van der Waals surface area contributed by atoms with Crippen molar-refractivity contribution in [3.8, 4) is 0 Å². The van der Waals surface area contributed by atoms with Crippen LogP contribution in [-0.2, 0) is 10.1 Å². The second-order valence-corrected chi connectivity index (χ2v) is 6.20. The lowest BCUT2D eigenvalue weighted by Crippen LogP contribution is -2.05. The number of hydrogen-bond acceptors (Lipinski definition) is 4. The molecule has 0 atom stereocenters. The normalized spacial score (nSPS) is 11.8. The summed E-state index contributed by atoms with van der Waals surface area (Å²) in [5.41, 5.74) is 0. The van der Waals surface area contributed by atoms with E-state index in [0.717, 1.165) is 12.2 Å². The van der Waals surface area contributed by atoms with Crippen LogP contribution in [0.25, 0.3) is 0 Å². The molecule has 0 spiro atoms. The van der Waals surface area contributed by atoms with Gasteiger partial charge in [-0.3, -0.25) is 4.55 Å². The first kappa shape index (κ1) is 11.6. The zero-order chi connectivity index (χ0) is 8.74. The Balaban J connectivity index is 3.16. The van der Waals surface area contributed by atoms with Gasteiger partial charge in [0.15, 0.2) is 0 Å². The first-order chi connectivity index (χ1) is 5.06. The maximum absolute atomic E-state index is 10.2. The molecule has 3 nitrogen and oxygen atoms in total. The van der Waals surface area contributed by atoms with Crippen molar-refractivity contribution in [2.75, 3.05) is 17.3 Å². The Morgan fingerprint density at radius 2 is 1.82 bits per heavy atom. The van der Waals surface area contributed by atoms with Gasteiger partial charge in [-0.15, -0.1) is 0 Å². The van der Waals surface area contributed by atoms with E-state index in [1.165, 1.54) is 10.8 Å². The lowest BCUT2D eigenvalue weighted by atomic mass is 10.6. The summed E-state index contributed by atoms with van der Waals surface area (Å²) in [6, 6.07) is 0. The summed E-state index contributed by atoms with van der Waals surface area (Å²) < 4.78 is 28.7. The van der Waals surface area contributed by atoms with Crippen molar-refractivity contribution in [1.29, 1.82) is 0 Å². The molecule has 68 valence electrons. The SMILES string of the molecule is CCCSSCCS(=O)(=O)O. The van der Waals surface area contributed by atoms with E-state index in [-0.39, 0.29) is 5.75 Å². The molecule has 11 heavy (non-hydrogen) atoms. The monoisotopic (exact) mass is 216 g/mol. The Morgan fingerprint density at radius 1 is 1.27 bits per heavy atom. The summed E-state index contributed by atoms with van der Waals surface area (Å²) in [6.07, 6.45) is 1.09. The summed E-state index contributed by atoms with van der Waals surface area (Å²) in [5, 5.41) is 0. The summed E-state index contributed by atoms with van der Waals surface area (Å²) in [6.45, 7) is 2.07. The van der Waals surface area contributed by atoms with E-state index in [4.69, 9.17) is 4.55 Å². The zero-order valence-corrected chi connectivity index (χ0v) is 8.77. The molecule has 0 saturated carbocycles. The molecule has 0 aliphatic heterocycles. The van der Waals surface area contributed by atoms with Crippen molar-refractivity contribution < 1.29 is 13.0 Å². The van der Waals surface area contributed by atoms with Gasteiger partial charge in [-0.05, 0) is 6.42 Å². The fraction of sp³-hybridized carbons (Fsp3) is 1.00. The standard InChI is InChI=1S/C5H12O3S3/c1-2-3-9-10-4-5-11(6,7)8/h2-5H2,1H3,(H,6,7,8). The van der Waals surface area contributed by atoms with E-state index >= 15 is 0 Å². The molecule has 0 aliphatic rings. The van der Waals surface area contributed by atoms with Crippen LogP contribution in [0.5, 0.6) is 0 Å². The van der Waals surface area contributed by atoms with Gasteiger partial charge in [-0.25, -0.2) is 0 Å². The largest absolute Gasteiger partial charge is 0.286 e. The van der Waals surface area contributed by atoms with Gasteiger partial charge >= 0.3 is 0 Å². The molecule has 0 rings (SSSR count). The van der Waals surface area contributed by atoms with Gasteiger partial charge < -0.3 is 0 Å². The van der Waals surface area contributed by atoms with Crippen molar-refractivity contribution in [3.05, 3.63) is 0 Å². The highest BCUT2D eigenvalue weighted by molar-refractivity contribution is 8.76. The maximum Gasteiger partial charge on any atom is 0.265 e. The van der Waals surface area contributed by atoms with E-state index in [0.29, 0.717) is 5.75 Å². The molecule has 0 aromatic heterocycles. The topological polar surface area (TPSA) is 54.4 Å². The van der Waals surface area contributed by atoms with Gasteiger partial charge in [-0.1, -0.05) is 28.5 Å². The van der Waals surface area contributed by atoms with Gasteiger partial charge in [0, 0.05) is 11.5 Å². The minimum Gasteiger partial charge on any atom is -0.286 e. The molecular weight excluding hydrogens is 204 g/mol. The molecule has 0 aromatic carbocycles. The Kier molecular flexibility index (Phi) is 6.50. The molecule has 1 N–H and O–H groups in total. The van der Waals surface area contributed by atoms with Crippen LogP contribution in [0.3, 0.4) is 0 Å². The lowest BCUT2D eigenvalue weighted by molar-refractivity contribution is 0.485. The Bertz CT molecular complexity index is 175. The van der Waals surface area contributed by atoms with Crippen molar-refractivity contribution in [2.45, 2.75) is 13.3 Å². The third kappa shape index (κ3) is 10.6. The van der Waals surface area contributed by atoms with E-state index in [1.807, 2.05) is 0 Å². The van der Waals surface area contributed by atoms with Gasteiger partial charge in [0.25, 0.3) is 10.1 Å². The predicted molar refractivity (Wildman–Crippen MR) is 51.6 cm³/mol. The van der Waals surface area contributed by atoms with Crippen LogP contribution in [0.15, 0.2) is 0 Å². The van der Waals surface area contributed by atoms with Crippen LogP contribution < -0.4 is 0 Å². The smallest absolute Gasteiger partial charge is 0.265 e. The van der Waals surface area contributed by atoms with Crippen molar-refractivity contribution in [3.63, 3.8) is 0 Å². The fourth-order valence-corrected chi connectivity index (χ4v) is 3.68. The number of rotatable bonds is 6. The summed E-state index contributed by atoms with van der Waals surface area (Å²) in [7, 11) is -0.628. The third-order valence-corrected chi connectivity index (χ3v) is 4.39. The molecule has 0 heterocycles. The summed E-state index contributed by atoms with van der Waals surface area (Å²) in [5.74, 6) is 1.34. The second-order valence-electron chi connectivity index (χ2n) is 1.93. The Labute approximate surface area is 75.5 Å². The van der Waals surface area contributed by atoms with E-state index < -0.39 is 10.1 Å². The van der Waals surface area contributed by atoms with Crippen molar-refractivity contribution in [1.82, 2.24) is 0 Å². The van der Waals surface area contributed by atoms with Gasteiger partial charge in [0.05, 0.1) is 5.75 Å². The average molecular weight is 216 g/mol. The van der Waals surface area contributed by atoms with Gasteiger partial charge in [-0.2, -0.15) is 8.42 Å². The zero-order valence-electron chi connectivity index (χ0n) is 6.32. The van der Waals surface area contributed by atoms with Crippen molar-refractivity contribution >= 4 is 31.7 Å².